The molecule has 3 aromatic rings. The van der Waals surface area contributed by atoms with E-state index in [9.17, 15) is 14.4 Å². The maximum atomic E-state index is 13.2. The van der Waals surface area contributed by atoms with Crippen LogP contribution >= 0.6 is 0 Å². The van der Waals surface area contributed by atoms with E-state index >= 15 is 0 Å². The second-order valence-corrected chi connectivity index (χ2v) is 9.82. The largest absolute Gasteiger partial charge is 0.351 e. The summed E-state index contributed by atoms with van der Waals surface area (Å²) in [4.78, 5) is 39.9. The van der Waals surface area contributed by atoms with E-state index < -0.39 is 12.3 Å². The summed E-state index contributed by atoms with van der Waals surface area (Å²) in [6.07, 6.45) is -0.132. The average Bonchev–Trinajstić information content (AvgIpc) is 3.53. The van der Waals surface area contributed by atoms with Crippen molar-refractivity contribution in [1.29, 1.82) is 0 Å². The fourth-order valence-electron chi connectivity index (χ4n) is 4.89. The molecule has 2 aliphatic rings. The SMILES string of the molecule is CNC(C)c1cc(C(=O)NCCC2OCC(N3C(=O)c4ccccc4C3=O)CO2)n([C@@H](C)c2ccccc2)n1. The van der Waals surface area contributed by atoms with Crippen LogP contribution in [-0.2, 0) is 9.47 Å². The van der Waals surface area contributed by atoms with Gasteiger partial charge in [-0.15, -0.1) is 0 Å². The van der Waals surface area contributed by atoms with E-state index in [-0.39, 0.29) is 43.0 Å². The molecule has 1 fully saturated rings. The van der Waals surface area contributed by atoms with Gasteiger partial charge in [0.25, 0.3) is 17.7 Å². The van der Waals surface area contributed by atoms with Gasteiger partial charge >= 0.3 is 0 Å². The lowest BCUT2D eigenvalue weighted by atomic mass is 10.1. The van der Waals surface area contributed by atoms with Gasteiger partial charge in [0, 0.05) is 19.0 Å². The quantitative estimate of drug-likeness (QED) is 0.408. The van der Waals surface area contributed by atoms with Crippen LogP contribution in [0.25, 0.3) is 0 Å². The monoisotopic (exact) mass is 531 g/mol. The molecule has 0 radical (unpaired) electrons. The Morgan fingerprint density at radius 1 is 1.00 bits per heavy atom. The minimum atomic E-state index is -0.551. The molecular weight excluding hydrogens is 498 g/mol. The average molecular weight is 532 g/mol. The second-order valence-electron chi connectivity index (χ2n) is 9.82. The van der Waals surface area contributed by atoms with E-state index in [1.54, 1.807) is 28.9 Å². The van der Waals surface area contributed by atoms with Gasteiger partial charge in [0.05, 0.1) is 42.1 Å². The van der Waals surface area contributed by atoms with Crippen molar-refractivity contribution in [3.63, 3.8) is 0 Å². The molecular formula is C29H33N5O5. The van der Waals surface area contributed by atoms with Crippen LogP contribution in [0.1, 0.15) is 74.8 Å². The van der Waals surface area contributed by atoms with E-state index in [2.05, 4.69) is 10.6 Å². The topological polar surface area (TPSA) is 115 Å². The summed E-state index contributed by atoms with van der Waals surface area (Å²) in [6.45, 7) is 4.69. The number of ether oxygens (including phenoxy) is 2. The number of rotatable bonds is 9. The molecule has 2 atom stereocenters. The predicted octanol–water partition coefficient (Wildman–Crippen LogP) is 2.93. The van der Waals surface area contributed by atoms with Gasteiger partial charge in [-0.1, -0.05) is 42.5 Å². The number of nitrogens with one attached hydrogen (secondary N) is 2. The summed E-state index contributed by atoms with van der Waals surface area (Å²) in [7, 11) is 1.85. The summed E-state index contributed by atoms with van der Waals surface area (Å²) in [5, 5.41) is 10.9. The summed E-state index contributed by atoms with van der Waals surface area (Å²) >= 11 is 0. The van der Waals surface area contributed by atoms with Gasteiger partial charge in [-0.05, 0) is 44.7 Å². The molecule has 3 heterocycles. The zero-order chi connectivity index (χ0) is 27.5. The van der Waals surface area contributed by atoms with Gasteiger partial charge in [-0.25, -0.2) is 0 Å². The number of nitrogens with zero attached hydrogens (tertiary/aromatic N) is 3. The fourth-order valence-corrected chi connectivity index (χ4v) is 4.89. The van der Waals surface area contributed by atoms with E-state index in [0.29, 0.717) is 29.8 Å². The maximum Gasteiger partial charge on any atom is 0.269 e. The van der Waals surface area contributed by atoms with Crippen LogP contribution in [-0.4, -0.2) is 71.5 Å². The van der Waals surface area contributed by atoms with Crippen molar-refractivity contribution < 1.29 is 23.9 Å². The van der Waals surface area contributed by atoms with Crippen LogP contribution in [0.15, 0.2) is 60.7 Å². The molecule has 10 heteroatoms. The molecule has 0 aliphatic carbocycles. The van der Waals surface area contributed by atoms with Crippen LogP contribution < -0.4 is 10.6 Å². The molecule has 0 spiro atoms. The van der Waals surface area contributed by atoms with Gasteiger partial charge < -0.3 is 20.1 Å². The first-order chi connectivity index (χ1) is 18.9. The Morgan fingerprint density at radius 2 is 1.62 bits per heavy atom. The number of benzene rings is 2. The van der Waals surface area contributed by atoms with Crippen molar-refractivity contribution in [2.45, 2.75) is 44.7 Å². The first kappa shape index (κ1) is 26.7. The first-order valence-corrected chi connectivity index (χ1v) is 13.2. The normalized spacial score (nSPS) is 20.5. The summed E-state index contributed by atoms with van der Waals surface area (Å²) in [5.41, 5.74) is 3.11. The van der Waals surface area contributed by atoms with E-state index in [1.165, 1.54) is 4.90 Å². The molecule has 1 saturated heterocycles. The van der Waals surface area contributed by atoms with E-state index in [0.717, 1.165) is 11.3 Å². The predicted molar refractivity (Wildman–Crippen MR) is 143 cm³/mol. The Balaban J connectivity index is 1.17. The lowest BCUT2D eigenvalue weighted by Gasteiger charge is -2.33. The highest BCUT2D eigenvalue weighted by Crippen LogP contribution is 2.27. The van der Waals surface area contributed by atoms with Crippen molar-refractivity contribution in [2.24, 2.45) is 0 Å². The van der Waals surface area contributed by atoms with Crippen LogP contribution in [0, 0.1) is 0 Å². The van der Waals surface area contributed by atoms with Gasteiger partial charge in [0.1, 0.15) is 5.69 Å². The van der Waals surface area contributed by atoms with Crippen LogP contribution in [0.3, 0.4) is 0 Å². The highest BCUT2D eigenvalue weighted by Gasteiger charge is 2.41. The summed E-state index contributed by atoms with van der Waals surface area (Å²) < 4.78 is 13.4. The number of hydrogen-bond donors (Lipinski definition) is 2. The minimum Gasteiger partial charge on any atom is -0.351 e. The highest BCUT2D eigenvalue weighted by atomic mass is 16.7. The molecule has 0 saturated carbocycles. The third kappa shape index (κ3) is 5.36. The number of amides is 3. The Kier molecular flexibility index (Phi) is 7.87. The number of imide groups is 1. The van der Waals surface area contributed by atoms with Crippen molar-refractivity contribution >= 4 is 17.7 Å². The molecule has 1 aromatic heterocycles. The molecule has 10 nitrogen and oxygen atoms in total. The lowest BCUT2D eigenvalue weighted by molar-refractivity contribution is -0.198. The summed E-state index contributed by atoms with van der Waals surface area (Å²) in [6, 6.07) is 17.9. The van der Waals surface area contributed by atoms with Gasteiger partial charge in [-0.2, -0.15) is 5.10 Å². The number of carbonyl (C=O) groups is 3. The molecule has 2 aromatic carbocycles. The van der Waals surface area contributed by atoms with Crippen molar-refractivity contribution in [3.8, 4) is 0 Å². The molecule has 5 rings (SSSR count). The highest BCUT2D eigenvalue weighted by molar-refractivity contribution is 6.21. The fraction of sp³-hybridized carbons (Fsp3) is 0.379. The zero-order valence-corrected chi connectivity index (χ0v) is 22.3. The van der Waals surface area contributed by atoms with Crippen molar-refractivity contribution in [1.82, 2.24) is 25.3 Å². The van der Waals surface area contributed by atoms with Crippen LogP contribution in [0.4, 0.5) is 0 Å². The maximum absolute atomic E-state index is 13.2. The molecule has 1 unspecified atom stereocenters. The molecule has 2 N–H and O–H groups in total. The zero-order valence-electron chi connectivity index (χ0n) is 22.3. The van der Waals surface area contributed by atoms with E-state index in [4.69, 9.17) is 14.6 Å². The minimum absolute atomic E-state index is 0.0140. The molecule has 0 bridgehead atoms. The Morgan fingerprint density at radius 3 is 2.23 bits per heavy atom. The number of hydrogen-bond acceptors (Lipinski definition) is 7. The van der Waals surface area contributed by atoms with E-state index in [1.807, 2.05) is 57.3 Å². The van der Waals surface area contributed by atoms with Gasteiger partial charge in [-0.3, -0.25) is 24.0 Å². The summed E-state index contributed by atoms with van der Waals surface area (Å²) in [5.74, 6) is -0.891. The van der Waals surface area contributed by atoms with Crippen molar-refractivity contribution in [3.05, 3.63) is 88.7 Å². The van der Waals surface area contributed by atoms with Crippen LogP contribution in [0.5, 0.6) is 0 Å². The van der Waals surface area contributed by atoms with Crippen molar-refractivity contribution in [2.75, 3.05) is 26.8 Å². The third-order valence-electron chi connectivity index (χ3n) is 7.32. The number of carbonyl (C=O) groups excluding carboxylic acids is 3. The smallest absolute Gasteiger partial charge is 0.269 e. The standard InChI is InChI=1S/C29H33N5O5/c1-18(30-3)24-15-25(34(32-24)19(2)20-9-5-4-6-10-20)27(35)31-14-13-26-38-16-21(17-39-26)33-28(36)22-11-7-8-12-23(22)29(33)37/h4-12,15,18-19,21,26,30H,13-14,16-17H2,1-3H3,(H,31,35)/t18?,19-,21?,26?/m0/s1. The number of fused-ring (bicyclic) bond motifs is 1. The molecule has 39 heavy (non-hydrogen) atoms. The molecule has 3 amide bonds. The molecule has 2 aliphatic heterocycles. The first-order valence-electron chi connectivity index (χ1n) is 13.2. The van der Waals surface area contributed by atoms with Crippen LogP contribution in [0.2, 0.25) is 0 Å². The second kappa shape index (κ2) is 11.5. The molecule has 204 valence electrons. The Bertz CT molecular complexity index is 1310. The van der Waals surface area contributed by atoms with Gasteiger partial charge in [0.2, 0.25) is 0 Å². The third-order valence-corrected chi connectivity index (χ3v) is 7.32. The van der Waals surface area contributed by atoms with Gasteiger partial charge in [0.15, 0.2) is 6.29 Å². The number of aromatic nitrogens is 2. The lowest BCUT2D eigenvalue weighted by Crippen LogP contribution is -2.50. The Labute approximate surface area is 227 Å². The Hall–Kier alpha value is -3.86.